The van der Waals surface area contributed by atoms with Crippen molar-refractivity contribution in [3.05, 3.63) is 63.5 Å². The van der Waals surface area contributed by atoms with Gasteiger partial charge in [0.05, 0.1) is 17.7 Å². The first-order chi connectivity index (χ1) is 17.7. The Kier molecular flexibility index (Phi) is 8.83. The summed E-state index contributed by atoms with van der Waals surface area (Å²) < 4.78 is 49.2. The van der Waals surface area contributed by atoms with Crippen LogP contribution in [-0.2, 0) is 9.53 Å². The van der Waals surface area contributed by atoms with Crippen LogP contribution < -0.4 is 15.7 Å². The van der Waals surface area contributed by atoms with Gasteiger partial charge in [-0.3, -0.25) is 9.78 Å². The van der Waals surface area contributed by atoms with Gasteiger partial charge in [-0.2, -0.15) is 18.2 Å². The topological polar surface area (TPSA) is 106 Å². The number of aromatic nitrogens is 3. The van der Waals surface area contributed by atoms with Crippen molar-refractivity contribution in [2.24, 2.45) is 5.41 Å². The molecule has 0 spiro atoms. The van der Waals surface area contributed by atoms with Gasteiger partial charge in [0.2, 0.25) is 6.10 Å². The minimum Gasteiger partial charge on any atom is -0.493 e. The number of alkyl halides is 3. The van der Waals surface area contributed by atoms with E-state index in [9.17, 15) is 22.8 Å². The minimum atomic E-state index is -4.86. The summed E-state index contributed by atoms with van der Waals surface area (Å²) in [6.07, 6.45) is -7.47. The van der Waals surface area contributed by atoms with Crippen molar-refractivity contribution in [2.75, 3.05) is 13.7 Å². The maximum Gasteiger partial charge on any atom is 0.423 e. The fourth-order valence-electron chi connectivity index (χ4n) is 3.40. The summed E-state index contributed by atoms with van der Waals surface area (Å²) in [6.45, 7) is 8.20. The number of hydrogen-bond donors (Lipinski definition) is 2. The number of nitrogens with one attached hydrogen (secondary N) is 2. The zero-order chi connectivity index (χ0) is 28.3. The lowest BCUT2D eigenvalue weighted by Gasteiger charge is -2.21. The summed E-state index contributed by atoms with van der Waals surface area (Å²) in [6, 6.07) is 10.7. The molecule has 2 aromatic carbocycles. The zero-order valence-electron chi connectivity index (χ0n) is 21.4. The molecule has 1 heterocycles. The molecule has 0 bridgehead atoms. The van der Waals surface area contributed by atoms with Crippen LogP contribution in [0.2, 0.25) is 5.02 Å². The largest absolute Gasteiger partial charge is 0.493 e. The fourth-order valence-corrected chi connectivity index (χ4v) is 3.60. The Labute approximate surface area is 222 Å². The Balaban J connectivity index is 1.88. The smallest absolute Gasteiger partial charge is 0.423 e. The lowest BCUT2D eigenvalue weighted by molar-refractivity contribution is -0.212. The maximum absolute atomic E-state index is 13.0. The van der Waals surface area contributed by atoms with Crippen molar-refractivity contribution < 1.29 is 27.4 Å². The Morgan fingerprint density at radius 1 is 1.11 bits per heavy atom. The Morgan fingerprint density at radius 2 is 1.76 bits per heavy atom. The third-order valence-electron chi connectivity index (χ3n) is 5.31. The summed E-state index contributed by atoms with van der Waals surface area (Å²) in [7, 11) is 0.804. The van der Waals surface area contributed by atoms with Gasteiger partial charge in [0.1, 0.15) is 11.6 Å². The van der Waals surface area contributed by atoms with Crippen LogP contribution in [0.4, 0.5) is 13.2 Å². The number of halogens is 4. The monoisotopic (exact) mass is 552 g/mol. The molecule has 0 saturated carbocycles. The highest BCUT2D eigenvalue weighted by atomic mass is 35.5. The quantitative estimate of drug-likeness (QED) is 0.391. The Morgan fingerprint density at radius 3 is 2.34 bits per heavy atom. The highest BCUT2D eigenvalue weighted by molar-refractivity contribution is 6.33. The van der Waals surface area contributed by atoms with E-state index >= 15 is 0 Å². The van der Waals surface area contributed by atoms with E-state index < -0.39 is 29.9 Å². The van der Waals surface area contributed by atoms with Crippen LogP contribution in [0, 0.1) is 5.41 Å². The second-order valence-electron chi connectivity index (χ2n) is 9.83. The van der Waals surface area contributed by atoms with E-state index in [1.807, 2.05) is 0 Å². The summed E-state index contributed by atoms with van der Waals surface area (Å²) >= 11 is 6.36. The Hall–Kier alpha value is -3.44. The second-order valence-corrected chi connectivity index (χ2v) is 10.2. The van der Waals surface area contributed by atoms with Crippen LogP contribution in [-0.4, -0.2) is 46.9 Å². The van der Waals surface area contributed by atoms with Gasteiger partial charge in [-0.25, -0.2) is 9.78 Å². The van der Waals surface area contributed by atoms with Gasteiger partial charge in [-0.05, 0) is 54.3 Å². The van der Waals surface area contributed by atoms with Crippen LogP contribution >= 0.6 is 11.6 Å². The lowest BCUT2D eigenvalue weighted by Crippen LogP contribution is -2.46. The highest BCUT2D eigenvalue weighted by Gasteiger charge is 2.45. The van der Waals surface area contributed by atoms with E-state index in [-0.39, 0.29) is 22.1 Å². The van der Waals surface area contributed by atoms with E-state index in [0.717, 1.165) is 7.11 Å². The SMILES string of the molecule is CO[C@H](C(=O)NC(C)c1ccc(Cl)c(-c2nc(-c3ccc(OCC(C)(C)C)cc3)nc(=O)[nH]2)c1)C(F)(F)F. The normalized spacial score (nSPS) is 13.6. The molecule has 3 aromatic rings. The molecular formula is C26H28ClF3N4O4. The molecule has 204 valence electrons. The second kappa shape index (κ2) is 11.5. The third kappa shape index (κ3) is 7.55. The zero-order valence-corrected chi connectivity index (χ0v) is 22.2. The highest BCUT2D eigenvalue weighted by Crippen LogP contribution is 2.30. The first-order valence-electron chi connectivity index (χ1n) is 11.6. The minimum absolute atomic E-state index is 0.0126. The Bertz CT molecular complexity index is 1340. The van der Waals surface area contributed by atoms with Gasteiger partial charge < -0.3 is 14.8 Å². The molecule has 2 N–H and O–H groups in total. The molecule has 1 aromatic heterocycles. The summed E-state index contributed by atoms with van der Waals surface area (Å²) in [5.74, 6) is -0.441. The fraction of sp³-hybridized carbons (Fsp3) is 0.385. The van der Waals surface area contributed by atoms with Gasteiger partial charge in [-0.15, -0.1) is 0 Å². The summed E-state index contributed by atoms with van der Waals surface area (Å²) in [4.78, 5) is 35.4. The molecule has 12 heteroatoms. The number of H-pyrrole nitrogens is 1. The molecule has 0 aliphatic carbocycles. The molecular weight excluding hydrogens is 525 g/mol. The van der Waals surface area contributed by atoms with E-state index in [0.29, 0.717) is 29.0 Å². The van der Waals surface area contributed by atoms with Crippen molar-refractivity contribution in [1.82, 2.24) is 20.3 Å². The molecule has 38 heavy (non-hydrogen) atoms. The molecule has 8 nitrogen and oxygen atoms in total. The number of rotatable bonds is 8. The first-order valence-corrected chi connectivity index (χ1v) is 12.0. The standard InChI is InChI=1S/C26H28ClF3N4O4/c1-14(31-23(35)20(37-5)26(28,29)30)16-8-11-19(27)18(12-16)22-32-21(33-24(36)34-22)15-6-9-17(10-7-15)38-13-25(2,3)4/h6-12,14,20H,13H2,1-5H3,(H,31,35)(H,32,33,34,36)/t14?,20-/m1/s1. The average molecular weight is 553 g/mol. The molecule has 3 rings (SSSR count). The van der Waals surface area contributed by atoms with Gasteiger partial charge in [0.25, 0.3) is 5.91 Å². The van der Waals surface area contributed by atoms with Crippen LogP contribution in [0.3, 0.4) is 0 Å². The van der Waals surface area contributed by atoms with Crippen molar-refractivity contribution in [3.8, 4) is 28.5 Å². The number of carbonyl (C=O) groups is 1. The third-order valence-corrected chi connectivity index (χ3v) is 5.64. The molecule has 0 fully saturated rings. The van der Waals surface area contributed by atoms with Crippen LogP contribution in [0.5, 0.6) is 5.75 Å². The number of benzene rings is 2. The van der Waals surface area contributed by atoms with E-state index in [1.165, 1.54) is 19.1 Å². The number of methoxy groups -OCH3 is 1. The van der Waals surface area contributed by atoms with E-state index in [2.05, 4.69) is 45.8 Å². The number of aromatic amines is 1. The van der Waals surface area contributed by atoms with Crippen molar-refractivity contribution in [2.45, 2.75) is 46.0 Å². The molecule has 2 atom stereocenters. The molecule has 0 saturated heterocycles. The van der Waals surface area contributed by atoms with E-state index in [1.54, 1.807) is 30.3 Å². The molecule has 1 amide bonds. The predicted molar refractivity (Wildman–Crippen MR) is 137 cm³/mol. The van der Waals surface area contributed by atoms with Crippen molar-refractivity contribution >= 4 is 17.5 Å². The number of hydrogen-bond acceptors (Lipinski definition) is 6. The molecule has 0 aliphatic heterocycles. The first kappa shape index (κ1) is 29.1. The molecule has 0 radical (unpaired) electrons. The van der Waals surface area contributed by atoms with Crippen LogP contribution in [0.15, 0.2) is 47.3 Å². The van der Waals surface area contributed by atoms with E-state index in [4.69, 9.17) is 16.3 Å². The van der Waals surface area contributed by atoms with Crippen molar-refractivity contribution in [3.63, 3.8) is 0 Å². The summed E-state index contributed by atoms with van der Waals surface area (Å²) in [5.41, 5.74) is 0.605. The molecule has 1 unspecified atom stereocenters. The number of nitrogens with zero attached hydrogens (tertiary/aromatic N) is 2. The van der Waals surface area contributed by atoms with Gasteiger partial charge in [0.15, 0.2) is 5.82 Å². The van der Waals surface area contributed by atoms with Gasteiger partial charge in [0, 0.05) is 18.2 Å². The maximum atomic E-state index is 13.0. The number of ether oxygens (including phenoxy) is 2. The van der Waals surface area contributed by atoms with Crippen LogP contribution in [0.1, 0.15) is 39.3 Å². The predicted octanol–water partition coefficient (Wildman–Crippen LogP) is 5.33. The van der Waals surface area contributed by atoms with Crippen molar-refractivity contribution in [1.29, 1.82) is 0 Å². The van der Waals surface area contributed by atoms with Crippen LogP contribution in [0.25, 0.3) is 22.8 Å². The number of carbonyl (C=O) groups excluding carboxylic acids is 1. The van der Waals surface area contributed by atoms with Gasteiger partial charge >= 0.3 is 11.9 Å². The average Bonchev–Trinajstić information content (AvgIpc) is 2.82. The van der Waals surface area contributed by atoms with Gasteiger partial charge in [-0.1, -0.05) is 38.4 Å². The summed E-state index contributed by atoms with van der Waals surface area (Å²) in [5, 5.41) is 2.51. The number of amides is 1. The molecule has 0 aliphatic rings. The lowest BCUT2D eigenvalue weighted by atomic mass is 9.99.